The van der Waals surface area contributed by atoms with Crippen molar-refractivity contribution < 1.29 is 13.9 Å². The van der Waals surface area contributed by atoms with Crippen molar-refractivity contribution in [3.05, 3.63) is 65.5 Å². The molecular weight excluding hydrogens is 311 g/mol. The van der Waals surface area contributed by atoms with Crippen LogP contribution in [0.5, 0.6) is 5.75 Å². The standard InChI is InChI=1S/C15H12BrFO2/c1-19-13-8-4-11(5-9-13)15(18)14(16)10-2-6-12(17)7-3-10/h2-9,14H,1H3. The predicted molar refractivity (Wildman–Crippen MR) is 75.4 cm³/mol. The van der Waals surface area contributed by atoms with Gasteiger partial charge in [-0.05, 0) is 42.0 Å². The molecule has 0 spiro atoms. The van der Waals surface area contributed by atoms with Gasteiger partial charge >= 0.3 is 0 Å². The largest absolute Gasteiger partial charge is 0.497 e. The van der Waals surface area contributed by atoms with E-state index in [-0.39, 0.29) is 11.6 Å². The van der Waals surface area contributed by atoms with Crippen molar-refractivity contribution in [2.24, 2.45) is 0 Å². The molecule has 2 aromatic rings. The molecule has 0 aliphatic heterocycles. The molecule has 2 rings (SSSR count). The first-order chi connectivity index (χ1) is 9.11. The molecule has 0 saturated heterocycles. The second kappa shape index (κ2) is 5.97. The third-order valence-electron chi connectivity index (χ3n) is 2.77. The lowest BCUT2D eigenvalue weighted by molar-refractivity contribution is 0.0991. The Hall–Kier alpha value is -1.68. The Balaban J connectivity index is 2.20. The van der Waals surface area contributed by atoms with Crippen LogP contribution in [-0.4, -0.2) is 12.9 Å². The van der Waals surface area contributed by atoms with E-state index in [1.54, 1.807) is 43.5 Å². The summed E-state index contributed by atoms with van der Waals surface area (Å²) in [5.74, 6) is 0.305. The number of ether oxygens (including phenoxy) is 1. The van der Waals surface area contributed by atoms with E-state index in [0.29, 0.717) is 11.3 Å². The fourth-order valence-corrected chi connectivity index (χ4v) is 2.25. The first kappa shape index (κ1) is 13.7. The summed E-state index contributed by atoms with van der Waals surface area (Å²) < 4.78 is 17.9. The minimum atomic E-state index is -0.485. The fourth-order valence-electron chi connectivity index (χ4n) is 1.68. The van der Waals surface area contributed by atoms with Crippen molar-refractivity contribution in [2.75, 3.05) is 7.11 Å². The number of benzene rings is 2. The summed E-state index contributed by atoms with van der Waals surface area (Å²) in [5.41, 5.74) is 1.30. The number of halogens is 2. The summed E-state index contributed by atoms with van der Waals surface area (Å²) in [6, 6.07) is 12.7. The summed E-state index contributed by atoms with van der Waals surface area (Å²) in [5, 5.41) is 0. The van der Waals surface area contributed by atoms with Crippen LogP contribution < -0.4 is 4.74 Å². The molecule has 2 aromatic carbocycles. The van der Waals surface area contributed by atoms with Gasteiger partial charge in [0.15, 0.2) is 5.78 Å². The Morgan fingerprint density at radius 3 is 2.21 bits per heavy atom. The van der Waals surface area contributed by atoms with E-state index in [0.717, 1.165) is 5.56 Å². The first-order valence-electron chi connectivity index (χ1n) is 5.69. The lowest BCUT2D eigenvalue weighted by atomic mass is 10.0. The molecule has 2 nitrogen and oxygen atoms in total. The van der Waals surface area contributed by atoms with Crippen molar-refractivity contribution in [1.82, 2.24) is 0 Å². The van der Waals surface area contributed by atoms with Crippen LogP contribution in [0.3, 0.4) is 0 Å². The van der Waals surface area contributed by atoms with Gasteiger partial charge < -0.3 is 4.74 Å². The summed E-state index contributed by atoms with van der Waals surface area (Å²) in [6.45, 7) is 0. The lowest BCUT2D eigenvalue weighted by Crippen LogP contribution is -2.07. The van der Waals surface area contributed by atoms with Crippen LogP contribution in [0.2, 0.25) is 0 Å². The van der Waals surface area contributed by atoms with Gasteiger partial charge in [0.25, 0.3) is 0 Å². The topological polar surface area (TPSA) is 26.3 Å². The van der Waals surface area contributed by atoms with Gasteiger partial charge in [-0.15, -0.1) is 0 Å². The number of methoxy groups -OCH3 is 1. The number of Topliss-reactive ketones (excluding diaryl/α,β-unsaturated/α-hetero) is 1. The van der Waals surface area contributed by atoms with Gasteiger partial charge in [-0.25, -0.2) is 4.39 Å². The van der Waals surface area contributed by atoms with E-state index >= 15 is 0 Å². The fraction of sp³-hybridized carbons (Fsp3) is 0.133. The van der Waals surface area contributed by atoms with Crippen LogP contribution in [0.4, 0.5) is 4.39 Å². The maximum absolute atomic E-state index is 12.8. The Labute approximate surface area is 119 Å². The molecule has 0 aromatic heterocycles. The zero-order valence-corrected chi connectivity index (χ0v) is 11.9. The average molecular weight is 323 g/mol. The van der Waals surface area contributed by atoms with E-state index in [2.05, 4.69) is 15.9 Å². The van der Waals surface area contributed by atoms with Crippen LogP contribution >= 0.6 is 15.9 Å². The highest BCUT2D eigenvalue weighted by atomic mass is 79.9. The summed E-state index contributed by atoms with van der Waals surface area (Å²) in [4.78, 5) is 11.8. The highest BCUT2D eigenvalue weighted by Gasteiger charge is 2.18. The summed E-state index contributed by atoms with van der Waals surface area (Å²) >= 11 is 3.35. The molecular formula is C15H12BrFO2. The molecule has 19 heavy (non-hydrogen) atoms. The number of hydrogen-bond donors (Lipinski definition) is 0. The maximum atomic E-state index is 12.8. The lowest BCUT2D eigenvalue weighted by Gasteiger charge is -2.09. The Morgan fingerprint density at radius 2 is 1.68 bits per heavy atom. The maximum Gasteiger partial charge on any atom is 0.180 e. The molecule has 98 valence electrons. The third-order valence-corrected chi connectivity index (χ3v) is 3.71. The Bertz CT molecular complexity index is 564. The van der Waals surface area contributed by atoms with Crippen molar-refractivity contribution >= 4 is 21.7 Å². The minimum absolute atomic E-state index is 0.0748. The molecule has 0 saturated carbocycles. The molecule has 1 atom stereocenters. The SMILES string of the molecule is COc1ccc(C(=O)C(Br)c2ccc(F)cc2)cc1. The zero-order valence-electron chi connectivity index (χ0n) is 10.3. The molecule has 0 aliphatic carbocycles. The monoisotopic (exact) mass is 322 g/mol. The van der Waals surface area contributed by atoms with E-state index in [1.165, 1.54) is 12.1 Å². The molecule has 4 heteroatoms. The summed E-state index contributed by atoms with van der Waals surface area (Å²) in [6.07, 6.45) is 0. The number of carbonyl (C=O) groups is 1. The van der Waals surface area contributed by atoms with Crippen LogP contribution in [0.15, 0.2) is 48.5 Å². The minimum Gasteiger partial charge on any atom is -0.497 e. The second-order valence-electron chi connectivity index (χ2n) is 4.01. The van der Waals surface area contributed by atoms with E-state index in [1.807, 2.05) is 0 Å². The number of carbonyl (C=O) groups excluding carboxylic acids is 1. The van der Waals surface area contributed by atoms with E-state index in [4.69, 9.17) is 4.74 Å². The van der Waals surface area contributed by atoms with Gasteiger partial charge in [-0.1, -0.05) is 28.1 Å². The highest BCUT2D eigenvalue weighted by Crippen LogP contribution is 2.27. The molecule has 0 fully saturated rings. The second-order valence-corrected chi connectivity index (χ2v) is 4.92. The smallest absolute Gasteiger partial charge is 0.180 e. The molecule has 0 radical (unpaired) electrons. The van der Waals surface area contributed by atoms with Gasteiger partial charge in [-0.3, -0.25) is 4.79 Å². The van der Waals surface area contributed by atoms with Crippen molar-refractivity contribution in [3.63, 3.8) is 0 Å². The van der Waals surface area contributed by atoms with Crippen LogP contribution in [0.25, 0.3) is 0 Å². The van der Waals surface area contributed by atoms with Crippen LogP contribution in [0.1, 0.15) is 20.7 Å². The molecule has 0 amide bonds. The number of alkyl halides is 1. The Kier molecular flexibility index (Phi) is 4.32. The molecule has 0 heterocycles. The zero-order chi connectivity index (χ0) is 13.8. The molecule has 0 bridgehead atoms. The average Bonchev–Trinajstić information content (AvgIpc) is 2.46. The molecule has 1 unspecified atom stereocenters. The van der Waals surface area contributed by atoms with Gasteiger partial charge in [0.2, 0.25) is 0 Å². The normalized spacial score (nSPS) is 11.9. The van der Waals surface area contributed by atoms with Crippen molar-refractivity contribution in [1.29, 1.82) is 0 Å². The van der Waals surface area contributed by atoms with E-state index < -0.39 is 4.83 Å². The summed E-state index contributed by atoms with van der Waals surface area (Å²) in [7, 11) is 1.57. The van der Waals surface area contributed by atoms with Gasteiger partial charge in [0, 0.05) is 5.56 Å². The third kappa shape index (κ3) is 3.20. The number of hydrogen-bond acceptors (Lipinski definition) is 2. The van der Waals surface area contributed by atoms with Crippen molar-refractivity contribution in [2.45, 2.75) is 4.83 Å². The molecule has 0 aliphatic rings. The van der Waals surface area contributed by atoms with Gasteiger partial charge in [0.05, 0.1) is 7.11 Å². The predicted octanol–water partition coefficient (Wildman–Crippen LogP) is 4.15. The van der Waals surface area contributed by atoms with Gasteiger partial charge in [0.1, 0.15) is 16.4 Å². The van der Waals surface area contributed by atoms with Crippen LogP contribution in [0, 0.1) is 5.82 Å². The number of rotatable bonds is 4. The van der Waals surface area contributed by atoms with Crippen molar-refractivity contribution in [3.8, 4) is 5.75 Å². The Morgan fingerprint density at radius 1 is 1.11 bits per heavy atom. The molecule has 0 N–H and O–H groups in total. The quantitative estimate of drug-likeness (QED) is 0.624. The van der Waals surface area contributed by atoms with Crippen LogP contribution in [-0.2, 0) is 0 Å². The highest BCUT2D eigenvalue weighted by molar-refractivity contribution is 9.09. The van der Waals surface area contributed by atoms with Gasteiger partial charge in [-0.2, -0.15) is 0 Å². The van der Waals surface area contributed by atoms with E-state index in [9.17, 15) is 9.18 Å². The first-order valence-corrected chi connectivity index (χ1v) is 6.61. The number of ketones is 1.